The molecule has 0 aromatic heterocycles. The molecule has 0 aromatic rings. The first-order chi connectivity index (χ1) is 12.5. The molecule has 4 rings (SSSR count). The summed E-state index contributed by atoms with van der Waals surface area (Å²) in [6.07, 6.45) is 7.10. The lowest BCUT2D eigenvalue weighted by Gasteiger charge is -2.56. The van der Waals surface area contributed by atoms with Crippen LogP contribution in [0.3, 0.4) is 0 Å². The van der Waals surface area contributed by atoms with E-state index in [1.54, 1.807) is 7.05 Å². The van der Waals surface area contributed by atoms with Crippen molar-refractivity contribution in [3.05, 3.63) is 0 Å². The zero-order valence-corrected chi connectivity index (χ0v) is 17.1. The molecule has 4 saturated carbocycles. The number of hydrogen-bond acceptors (Lipinski definition) is 3. The second kappa shape index (κ2) is 7.41. The molecule has 0 spiro atoms. The molecule has 0 saturated heterocycles. The summed E-state index contributed by atoms with van der Waals surface area (Å²) in [4.78, 5) is 37.3. The molecule has 7 heteroatoms. The molecule has 27 heavy (non-hydrogen) atoms. The highest BCUT2D eigenvalue weighted by Crippen LogP contribution is 2.55. The number of amides is 4. The van der Waals surface area contributed by atoms with E-state index < -0.39 is 0 Å². The molecule has 7 nitrogen and oxygen atoms in total. The molecular weight excluding hydrogens is 344 g/mol. The van der Waals surface area contributed by atoms with Crippen LogP contribution in [0.5, 0.6) is 0 Å². The molecule has 4 N–H and O–H groups in total. The van der Waals surface area contributed by atoms with Gasteiger partial charge in [0.2, 0.25) is 0 Å². The number of imide groups is 1. The zero-order chi connectivity index (χ0) is 19.8. The van der Waals surface area contributed by atoms with Gasteiger partial charge in [0.15, 0.2) is 13.1 Å². The van der Waals surface area contributed by atoms with Crippen molar-refractivity contribution >= 4 is 17.8 Å². The number of carbonyl (C=O) groups is 3. The Bertz CT molecular complexity index is 576. The van der Waals surface area contributed by atoms with Gasteiger partial charge in [-0.05, 0) is 77.0 Å². The van der Waals surface area contributed by atoms with Gasteiger partial charge in [0.25, 0.3) is 11.8 Å². The molecule has 0 radical (unpaired) electrons. The van der Waals surface area contributed by atoms with Crippen molar-refractivity contribution in [2.24, 2.45) is 17.8 Å². The number of urea groups is 1. The molecule has 0 heterocycles. The minimum Gasteiger partial charge on any atom is -0.347 e. The fourth-order valence-corrected chi connectivity index (χ4v) is 5.78. The van der Waals surface area contributed by atoms with E-state index >= 15 is 0 Å². The van der Waals surface area contributed by atoms with Gasteiger partial charge >= 0.3 is 6.03 Å². The van der Waals surface area contributed by atoms with Crippen LogP contribution in [0.1, 0.15) is 59.3 Å². The molecule has 0 aromatic carbocycles. The van der Waals surface area contributed by atoms with E-state index in [-0.39, 0.29) is 42.0 Å². The average molecular weight is 380 g/mol. The summed E-state index contributed by atoms with van der Waals surface area (Å²) in [7, 11) is 1.78. The molecule has 1 atom stereocenters. The second-order valence-corrected chi connectivity index (χ2v) is 10.3. The van der Waals surface area contributed by atoms with Crippen LogP contribution in [0.15, 0.2) is 0 Å². The third-order valence-corrected chi connectivity index (χ3v) is 6.11. The van der Waals surface area contributed by atoms with Crippen molar-refractivity contribution in [1.29, 1.82) is 0 Å². The van der Waals surface area contributed by atoms with Gasteiger partial charge in [-0.2, -0.15) is 0 Å². The van der Waals surface area contributed by atoms with Gasteiger partial charge in [-0.25, -0.2) is 4.79 Å². The van der Waals surface area contributed by atoms with Crippen molar-refractivity contribution in [3.8, 4) is 0 Å². The van der Waals surface area contributed by atoms with Gasteiger partial charge in [0, 0.05) is 11.1 Å². The highest BCUT2D eigenvalue weighted by atomic mass is 16.2. The van der Waals surface area contributed by atoms with Crippen LogP contribution in [-0.4, -0.2) is 49.1 Å². The van der Waals surface area contributed by atoms with Gasteiger partial charge in [0.1, 0.15) is 0 Å². The van der Waals surface area contributed by atoms with E-state index in [4.69, 9.17) is 0 Å². The standard InChI is InChI=1S/C20H34N4O3/c1-19(2,3)22-17(26)12-24(4)11-16(25)21-18(27)23-20-8-13-5-14(9-20)7-15(6-13)10-20/h13-15H,5-12H2,1-4H3,(H,22,26)(H2,21,23,25,27)/p+1. The number of carbonyl (C=O) groups excluding carboxylic acids is 3. The number of hydrogen-bond donors (Lipinski definition) is 4. The number of quaternary nitrogens is 1. The fourth-order valence-electron chi connectivity index (χ4n) is 5.78. The van der Waals surface area contributed by atoms with E-state index in [0.717, 1.165) is 41.9 Å². The molecule has 1 unspecified atom stereocenters. The topological polar surface area (TPSA) is 91.7 Å². The van der Waals surface area contributed by atoms with Crippen LogP contribution in [0.25, 0.3) is 0 Å². The Morgan fingerprint density at radius 3 is 1.89 bits per heavy atom. The van der Waals surface area contributed by atoms with Crippen molar-refractivity contribution in [3.63, 3.8) is 0 Å². The fraction of sp³-hybridized carbons (Fsp3) is 0.850. The number of nitrogens with one attached hydrogen (secondary N) is 4. The molecule has 0 aliphatic heterocycles. The smallest absolute Gasteiger partial charge is 0.322 e. The van der Waals surface area contributed by atoms with E-state index in [0.29, 0.717) is 0 Å². The molecule has 152 valence electrons. The minimum atomic E-state index is -0.381. The quantitative estimate of drug-likeness (QED) is 0.550. The van der Waals surface area contributed by atoms with Gasteiger partial charge in [0.05, 0.1) is 7.05 Å². The Morgan fingerprint density at radius 1 is 0.926 bits per heavy atom. The van der Waals surface area contributed by atoms with Crippen LogP contribution in [0, 0.1) is 17.8 Å². The highest BCUT2D eigenvalue weighted by molar-refractivity contribution is 5.95. The van der Waals surface area contributed by atoms with E-state index in [2.05, 4.69) is 16.0 Å². The third kappa shape index (κ3) is 5.43. The maximum Gasteiger partial charge on any atom is 0.322 e. The summed E-state index contributed by atoms with van der Waals surface area (Å²) in [5.41, 5.74) is -0.401. The maximum absolute atomic E-state index is 12.4. The first-order valence-electron chi connectivity index (χ1n) is 10.3. The van der Waals surface area contributed by atoms with Crippen molar-refractivity contribution in [1.82, 2.24) is 16.0 Å². The van der Waals surface area contributed by atoms with E-state index in [9.17, 15) is 14.4 Å². The summed E-state index contributed by atoms with van der Waals surface area (Å²) in [6.45, 7) is 6.04. The van der Waals surface area contributed by atoms with Crippen LogP contribution < -0.4 is 20.9 Å². The van der Waals surface area contributed by atoms with Gasteiger partial charge in [-0.3, -0.25) is 14.9 Å². The average Bonchev–Trinajstić information content (AvgIpc) is 2.41. The molecule has 4 aliphatic carbocycles. The Hall–Kier alpha value is -1.63. The second-order valence-electron chi connectivity index (χ2n) is 10.3. The SMILES string of the molecule is C[NH+](CC(=O)NC(=O)NC12CC3CC(CC(C3)C1)C2)CC(=O)NC(C)(C)C. The predicted molar refractivity (Wildman–Crippen MR) is 102 cm³/mol. The minimum absolute atomic E-state index is 0.0891. The summed E-state index contributed by atoms with van der Waals surface area (Å²) < 4.78 is 0. The number of rotatable bonds is 5. The normalized spacial score (nSPS) is 32.7. The summed E-state index contributed by atoms with van der Waals surface area (Å²) in [6, 6.07) is -0.381. The van der Waals surface area contributed by atoms with Gasteiger partial charge < -0.3 is 15.5 Å². The Morgan fingerprint density at radius 2 is 1.41 bits per heavy atom. The Kier molecular flexibility index (Phi) is 5.52. The number of likely N-dealkylation sites (N-methyl/N-ethyl adjacent to an activating group) is 1. The molecule has 4 bridgehead atoms. The van der Waals surface area contributed by atoms with Crippen molar-refractivity contribution in [2.75, 3.05) is 20.1 Å². The zero-order valence-electron chi connectivity index (χ0n) is 17.1. The first-order valence-corrected chi connectivity index (χ1v) is 10.3. The lowest BCUT2D eigenvalue weighted by atomic mass is 9.53. The lowest BCUT2D eigenvalue weighted by Crippen LogP contribution is -3.11. The van der Waals surface area contributed by atoms with Crippen molar-refractivity contribution < 1.29 is 19.3 Å². The molecule has 4 aliphatic rings. The van der Waals surface area contributed by atoms with Crippen molar-refractivity contribution in [2.45, 2.75) is 70.4 Å². The van der Waals surface area contributed by atoms with Crippen LogP contribution in [-0.2, 0) is 9.59 Å². The summed E-state index contributed by atoms with van der Waals surface area (Å²) in [5, 5.41) is 8.49. The molecular formula is C20H35N4O3+. The summed E-state index contributed by atoms with van der Waals surface area (Å²) in [5.74, 6) is 1.77. The maximum atomic E-state index is 12.4. The Balaban J connectivity index is 1.43. The molecule has 4 fully saturated rings. The van der Waals surface area contributed by atoms with Gasteiger partial charge in [-0.1, -0.05) is 0 Å². The van der Waals surface area contributed by atoms with E-state index in [1.165, 1.54) is 19.3 Å². The highest BCUT2D eigenvalue weighted by Gasteiger charge is 2.51. The van der Waals surface area contributed by atoms with Crippen LogP contribution in [0.4, 0.5) is 4.79 Å². The monoisotopic (exact) mass is 379 g/mol. The Labute approximate surface area is 162 Å². The largest absolute Gasteiger partial charge is 0.347 e. The lowest BCUT2D eigenvalue weighted by molar-refractivity contribution is -0.862. The van der Waals surface area contributed by atoms with Crippen LogP contribution in [0.2, 0.25) is 0 Å². The summed E-state index contributed by atoms with van der Waals surface area (Å²) >= 11 is 0. The third-order valence-electron chi connectivity index (χ3n) is 6.11. The first kappa shape index (κ1) is 20.1. The molecule has 4 amide bonds. The van der Waals surface area contributed by atoms with E-state index in [1.807, 2.05) is 20.8 Å². The van der Waals surface area contributed by atoms with Crippen LogP contribution >= 0.6 is 0 Å². The van der Waals surface area contributed by atoms with Gasteiger partial charge in [-0.15, -0.1) is 0 Å². The predicted octanol–water partition coefficient (Wildman–Crippen LogP) is 0.210.